The summed E-state index contributed by atoms with van der Waals surface area (Å²) in [4.78, 5) is 4.01. The summed E-state index contributed by atoms with van der Waals surface area (Å²) in [5.41, 5.74) is 0. The van der Waals surface area contributed by atoms with Crippen LogP contribution in [0.3, 0.4) is 0 Å². The van der Waals surface area contributed by atoms with Crippen LogP contribution in [-0.4, -0.2) is 23.4 Å². The van der Waals surface area contributed by atoms with Crippen LogP contribution in [-0.2, 0) is 9.57 Å². The topological polar surface area (TPSA) is 21.7 Å². The molecule has 0 amide bonds. The van der Waals surface area contributed by atoms with E-state index in [0.717, 1.165) is 6.92 Å². The first-order valence-corrected chi connectivity index (χ1v) is 3.75. The molecule has 1 aliphatic heterocycles. The molecule has 0 aliphatic carbocycles. The average molecular weight is 221 g/mol. The fourth-order valence-corrected chi connectivity index (χ4v) is 0.902. The van der Waals surface area contributed by atoms with Crippen molar-refractivity contribution in [3.8, 4) is 0 Å². The summed E-state index contributed by atoms with van der Waals surface area (Å²) in [6, 6.07) is 0. The molecule has 0 radical (unpaired) electrons. The van der Waals surface area contributed by atoms with Gasteiger partial charge in [-0.1, -0.05) is 6.92 Å². The molecule has 1 rings (SSSR count). The number of hydrogen-bond donors (Lipinski definition) is 0. The third-order valence-electron chi connectivity index (χ3n) is 1.73. The van der Waals surface area contributed by atoms with Crippen molar-refractivity contribution in [1.29, 1.82) is 0 Å². The van der Waals surface area contributed by atoms with Crippen molar-refractivity contribution < 1.29 is 31.5 Å². The smallest absolute Gasteiger partial charge is 0.271 e. The predicted molar refractivity (Wildman–Crippen MR) is 33.7 cm³/mol. The number of hydrogen-bond acceptors (Lipinski definition) is 3. The number of ether oxygens (including phenoxy) is 1. The second-order valence-electron chi connectivity index (χ2n) is 2.93. The fraction of sp³-hybridized carbons (Fsp3) is 1.00. The molecule has 0 aromatic heterocycles. The molecular weight excluding hydrogens is 213 g/mol. The van der Waals surface area contributed by atoms with Gasteiger partial charge in [0, 0.05) is 11.5 Å². The van der Waals surface area contributed by atoms with Gasteiger partial charge in [0.15, 0.2) is 5.79 Å². The molecular formula is C6H8F5NO2. The van der Waals surface area contributed by atoms with Crippen LogP contribution in [0.2, 0.25) is 0 Å². The van der Waals surface area contributed by atoms with Crippen molar-refractivity contribution in [2.24, 2.45) is 0 Å². The van der Waals surface area contributed by atoms with Gasteiger partial charge in [-0.25, -0.2) is 4.84 Å². The highest BCUT2D eigenvalue weighted by Gasteiger charge is 2.65. The van der Waals surface area contributed by atoms with Crippen LogP contribution in [0.5, 0.6) is 0 Å². The molecule has 1 fully saturated rings. The predicted octanol–water partition coefficient (Wildman–Crippen LogP) is 2.45. The molecule has 0 saturated carbocycles. The van der Waals surface area contributed by atoms with Gasteiger partial charge >= 0.3 is 12.5 Å². The molecule has 3 nitrogen and oxygen atoms in total. The lowest BCUT2D eigenvalue weighted by atomic mass is 10.2. The fourth-order valence-electron chi connectivity index (χ4n) is 0.902. The SMILES string of the molecule is CCC1(C)ON(C(F)(F)F)C(F)(F)O1. The molecule has 0 aromatic rings. The van der Waals surface area contributed by atoms with Crippen molar-refractivity contribution in [2.75, 3.05) is 0 Å². The van der Waals surface area contributed by atoms with E-state index in [2.05, 4.69) is 9.57 Å². The van der Waals surface area contributed by atoms with Gasteiger partial charge in [0.2, 0.25) is 0 Å². The minimum atomic E-state index is -5.30. The summed E-state index contributed by atoms with van der Waals surface area (Å²) in [6.45, 7) is 2.38. The normalized spacial score (nSPS) is 33.6. The van der Waals surface area contributed by atoms with Gasteiger partial charge < -0.3 is 0 Å². The first-order valence-electron chi connectivity index (χ1n) is 3.75. The zero-order valence-corrected chi connectivity index (χ0v) is 7.36. The van der Waals surface area contributed by atoms with Crippen LogP contribution in [0.1, 0.15) is 20.3 Å². The zero-order chi connectivity index (χ0) is 11.2. The van der Waals surface area contributed by atoms with Gasteiger partial charge in [0.05, 0.1) is 0 Å². The third-order valence-corrected chi connectivity index (χ3v) is 1.73. The maximum atomic E-state index is 12.6. The van der Waals surface area contributed by atoms with E-state index in [9.17, 15) is 22.0 Å². The summed E-state index contributed by atoms with van der Waals surface area (Å²) in [5, 5.41) is -1.39. The molecule has 1 heterocycles. The van der Waals surface area contributed by atoms with Crippen LogP contribution in [0.15, 0.2) is 0 Å². The highest BCUT2D eigenvalue weighted by Crippen LogP contribution is 2.45. The van der Waals surface area contributed by atoms with Crippen LogP contribution in [0.25, 0.3) is 0 Å². The highest BCUT2D eigenvalue weighted by molar-refractivity contribution is 4.71. The number of nitrogens with zero attached hydrogens (tertiary/aromatic N) is 1. The Hall–Kier alpha value is -0.470. The molecule has 0 bridgehead atoms. The molecule has 0 aromatic carbocycles. The second kappa shape index (κ2) is 3.01. The number of halogens is 5. The Labute approximate surface area is 76.3 Å². The van der Waals surface area contributed by atoms with Crippen molar-refractivity contribution >= 4 is 0 Å². The lowest BCUT2D eigenvalue weighted by Gasteiger charge is -2.21. The zero-order valence-electron chi connectivity index (χ0n) is 7.36. The van der Waals surface area contributed by atoms with E-state index in [1.165, 1.54) is 6.92 Å². The van der Waals surface area contributed by atoms with E-state index in [1.807, 2.05) is 0 Å². The first-order chi connectivity index (χ1) is 6.11. The first kappa shape index (κ1) is 11.6. The molecule has 84 valence electrons. The summed E-state index contributed by atoms with van der Waals surface area (Å²) < 4.78 is 65.1. The lowest BCUT2D eigenvalue weighted by Crippen LogP contribution is -2.45. The third kappa shape index (κ3) is 1.96. The Kier molecular flexibility index (Phi) is 2.49. The van der Waals surface area contributed by atoms with Gasteiger partial charge in [-0.3, -0.25) is 4.74 Å². The number of rotatable bonds is 1. The molecule has 0 N–H and O–H groups in total. The van der Waals surface area contributed by atoms with Gasteiger partial charge in [-0.15, -0.1) is 0 Å². The molecule has 14 heavy (non-hydrogen) atoms. The highest BCUT2D eigenvalue weighted by atomic mass is 19.4. The Bertz CT molecular complexity index is 231. The van der Waals surface area contributed by atoms with E-state index >= 15 is 0 Å². The van der Waals surface area contributed by atoms with Gasteiger partial charge in [0.25, 0.3) is 0 Å². The Balaban J connectivity index is 2.90. The molecule has 1 saturated heterocycles. The minimum Gasteiger partial charge on any atom is -0.271 e. The van der Waals surface area contributed by atoms with Crippen LogP contribution < -0.4 is 0 Å². The van der Waals surface area contributed by atoms with Crippen LogP contribution >= 0.6 is 0 Å². The number of alkyl halides is 5. The quantitative estimate of drug-likeness (QED) is 0.501. The minimum absolute atomic E-state index is 0.130. The molecule has 8 heteroatoms. The Morgan fingerprint density at radius 3 is 2.00 bits per heavy atom. The average Bonchev–Trinajstić information content (AvgIpc) is 2.21. The largest absolute Gasteiger partial charge is 0.490 e. The van der Waals surface area contributed by atoms with E-state index in [-0.39, 0.29) is 6.42 Å². The van der Waals surface area contributed by atoms with Gasteiger partial charge in [0.1, 0.15) is 0 Å². The molecule has 0 spiro atoms. The monoisotopic (exact) mass is 221 g/mol. The van der Waals surface area contributed by atoms with Crippen LogP contribution in [0, 0.1) is 0 Å². The molecule has 1 aliphatic rings. The van der Waals surface area contributed by atoms with E-state index < -0.39 is 23.4 Å². The van der Waals surface area contributed by atoms with Crippen LogP contribution in [0.4, 0.5) is 22.0 Å². The van der Waals surface area contributed by atoms with E-state index in [0.29, 0.717) is 0 Å². The van der Waals surface area contributed by atoms with Gasteiger partial charge in [-0.05, 0) is 6.92 Å². The van der Waals surface area contributed by atoms with Crippen molar-refractivity contribution in [3.63, 3.8) is 0 Å². The summed E-state index contributed by atoms with van der Waals surface area (Å²) >= 11 is 0. The molecule has 1 unspecified atom stereocenters. The maximum absolute atomic E-state index is 12.6. The second-order valence-corrected chi connectivity index (χ2v) is 2.93. The van der Waals surface area contributed by atoms with Crippen molar-refractivity contribution in [2.45, 2.75) is 38.6 Å². The maximum Gasteiger partial charge on any atom is 0.490 e. The van der Waals surface area contributed by atoms with E-state index in [4.69, 9.17) is 0 Å². The Morgan fingerprint density at radius 1 is 1.29 bits per heavy atom. The summed E-state index contributed by atoms with van der Waals surface area (Å²) in [7, 11) is 0. The summed E-state index contributed by atoms with van der Waals surface area (Å²) in [6.07, 6.45) is -9.91. The number of hydroxylamine groups is 2. The van der Waals surface area contributed by atoms with Crippen molar-refractivity contribution in [3.05, 3.63) is 0 Å². The Morgan fingerprint density at radius 2 is 1.79 bits per heavy atom. The van der Waals surface area contributed by atoms with E-state index in [1.54, 1.807) is 0 Å². The standard InChI is InChI=1S/C6H8F5NO2/c1-3-4(2)13-6(10,11)12(14-4)5(7,8)9/h3H2,1-2H3. The van der Waals surface area contributed by atoms with Crippen molar-refractivity contribution in [1.82, 2.24) is 5.06 Å². The summed E-state index contributed by atoms with van der Waals surface area (Å²) in [5.74, 6) is -1.95. The van der Waals surface area contributed by atoms with Gasteiger partial charge in [-0.2, -0.15) is 22.0 Å². The lowest BCUT2D eigenvalue weighted by molar-refractivity contribution is -0.444. The molecule has 1 atom stereocenters.